The van der Waals surface area contributed by atoms with Gasteiger partial charge >= 0.3 is 0 Å². The van der Waals surface area contributed by atoms with Gasteiger partial charge in [-0.2, -0.15) is 0 Å². The first-order chi connectivity index (χ1) is 14.3. The van der Waals surface area contributed by atoms with Gasteiger partial charge in [-0.3, -0.25) is 0 Å². The van der Waals surface area contributed by atoms with Gasteiger partial charge in [-0.25, -0.2) is 0 Å². The van der Waals surface area contributed by atoms with Crippen LogP contribution in [0.1, 0.15) is 60.1 Å². The van der Waals surface area contributed by atoms with E-state index in [0.717, 1.165) is 78.9 Å². The van der Waals surface area contributed by atoms with Gasteiger partial charge in [0.15, 0.2) is 0 Å². The molecule has 1 heterocycles. The second-order valence-electron chi connectivity index (χ2n) is 8.94. The lowest BCUT2D eigenvalue weighted by atomic mass is 9.93. The minimum absolute atomic E-state index is 0. The summed E-state index contributed by atoms with van der Waals surface area (Å²) in [4.78, 5) is 4.27. The molecule has 0 saturated heterocycles. The molecule has 2 atom stereocenters. The maximum absolute atomic E-state index is 10.6. The molecule has 0 aliphatic carbocycles. The molecular formula is C25H38Cl2N2O3. The molecule has 7 heteroatoms. The molecule has 0 radical (unpaired) electrons. The molecule has 1 aliphatic rings. The molecular weight excluding hydrogens is 447 g/mol. The molecule has 2 aromatic rings. The zero-order chi connectivity index (χ0) is 21.7. The van der Waals surface area contributed by atoms with Crippen molar-refractivity contribution in [2.45, 2.75) is 44.3 Å². The molecule has 32 heavy (non-hydrogen) atoms. The predicted octanol–water partition coefficient (Wildman–Crippen LogP) is 4.98. The van der Waals surface area contributed by atoms with E-state index in [2.05, 4.69) is 21.9 Å². The minimum atomic E-state index is -0.457. The number of aliphatic hydroxyl groups excluding tert-OH is 2. The van der Waals surface area contributed by atoms with Crippen LogP contribution in [0.15, 0.2) is 36.4 Å². The third kappa shape index (κ3) is 7.91. The number of benzene rings is 2. The molecule has 0 amide bonds. The van der Waals surface area contributed by atoms with Crippen molar-refractivity contribution in [3.05, 3.63) is 58.7 Å². The van der Waals surface area contributed by atoms with Crippen LogP contribution in [0, 0.1) is 0 Å². The summed E-state index contributed by atoms with van der Waals surface area (Å²) in [6.45, 7) is 1.94. The standard InChI is InChI=1S/C25H36N2O3.2ClH/c1-26(2)13-5-7-22(28)18-9-11-24-20(15-18)17-21-16-19(10-12-25(21)30-24)23(29)8-6-14-27(3)4;;/h9-12,15-16,22-23,28-29H,5-8,13-14,17H2,1-4H3;2*1H. The highest BCUT2D eigenvalue weighted by atomic mass is 35.5. The summed E-state index contributed by atoms with van der Waals surface area (Å²) in [5.41, 5.74) is 4.07. The lowest BCUT2D eigenvalue weighted by Crippen LogP contribution is -2.14. The summed E-state index contributed by atoms with van der Waals surface area (Å²) in [5, 5.41) is 21.1. The van der Waals surface area contributed by atoms with Gasteiger partial charge in [0, 0.05) is 6.42 Å². The van der Waals surface area contributed by atoms with Crippen LogP contribution in [0.5, 0.6) is 11.5 Å². The quantitative estimate of drug-likeness (QED) is 0.425. The van der Waals surface area contributed by atoms with Crippen LogP contribution < -0.4 is 4.74 Å². The number of aliphatic hydroxyl groups is 2. The molecule has 0 spiro atoms. The Hall–Kier alpha value is -1.34. The Morgan fingerprint density at radius 1 is 0.750 bits per heavy atom. The van der Waals surface area contributed by atoms with Crippen molar-refractivity contribution in [1.82, 2.24) is 9.80 Å². The highest BCUT2D eigenvalue weighted by Gasteiger charge is 2.20. The maximum Gasteiger partial charge on any atom is 0.130 e. The van der Waals surface area contributed by atoms with E-state index in [4.69, 9.17) is 4.74 Å². The molecule has 2 unspecified atom stereocenters. The van der Waals surface area contributed by atoms with Crippen LogP contribution in [0.4, 0.5) is 0 Å². The number of ether oxygens (including phenoxy) is 1. The normalized spacial score (nSPS) is 14.0. The molecule has 180 valence electrons. The first-order valence-corrected chi connectivity index (χ1v) is 10.9. The first-order valence-electron chi connectivity index (χ1n) is 10.9. The molecule has 2 N–H and O–H groups in total. The van der Waals surface area contributed by atoms with Gasteiger partial charge in [-0.1, -0.05) is 12.1 Å². The SMILES string of the molecule is CN(C)CCCC(O)c1ccc2c(c1)Cc1cc(C(O)CCCN(C)C)ccc1O2.Cl.Cl. The molecule has 0 aromatic heterocycles. The van der Waals surface area contributed by atoms with E-state index in [0.29, 0.717) is 0 Å². The van der Waals surface area contributed by atoms with Gasteiger partial charge in [-0.05, 0) is 113 Å². The fourth-order valence-electron chi connectivity index (χ4n) is 3.95. The smallest absolute Gasteiger partial charge is 0.130 e. The van der Waals surface area contributed by atoms with Gasteiger partial charge in [0.2, 0.25) is 0 Å². The number of rotatable bonds is 10. The Balaban J connectivity index is 0.00000256. The van der Waals surface area contributed by atoms with E-state index in [-0.39, 0.29) is 24.8 Å². The van der Waals surface area contributed by atoms with Crippen LogP contribution in [0.2, 0.25) is 0 Å². The summed E-state index contributed by atoms with van der Waals surface area (Å²) in [7, 11) is 8.20. The second-order valence-corrected chi connectivity index (χ2v) is 8.94. The third-order valence-corrected chi connectivity index (χ3v) is 5.71. The van der Waals surface area contributed by atoms with Gasteiger partial charge in [-0.15, -0.1) is 24.8 Å². The Morgan fingerprint density at radius 3 is 1.53 bits per heavy atom. The van der Waals surface area contributed by atoms with E-state index in [1.165, 1.54) is 0 Å². The number of nitrogens with zero attached hydrogens (tertiary/aromatic N) is 2. The first kappa shape index (κ1) is 28.7. The van der Waals surface area contributed by atoms with Crippen LogP contribution in [-0.4, -0.2) is 61.3 Å². The zero-order valence-electron chi connectivity index (χ0n) is 19.6. The second kappa shape index (κ2) is 13.4. The number of hydrogen-bond acceptors (Lipinski definition) is 5. The molecule has 0 bridgehead atoms. The lowest BCUT2D eigenvalue weighted by molar-refractivity contribution is 0.160. The van der Waals surface area contributed by atoms with Crippen molar-refractivity contribution in [3.8, 4) is 11.5 Å². The van der Waals surface area contributed by atoms with E-state index < -0.39 is 12.2 Å². The van der Waals surface area contributed by atoms with Gasteiger partial charge < -0.3 is 24.7 Å². The third-order valence-electron chi connectivity index (χ3n) is 5.71. The van der Waals surface area contributed by atoms with Crippen molar-refractivity contribution in [2.24, 2.45) is 0 Å². The number of hydrogen-bond donors (Lipinski definition) is 2. The molecule has 0 saturated carbocycles. The summed E-state index contributed by atoms with van der Waals surface area (Å²) in [6.07, 6.45) is 3.25. The highest BCUT2D eigenvalue weighted by molar-refractivity contribution is 5.85. The average molecular weight is 485 g/mol. The summed E-state index contributed by atoms with van der Waals surface area (Å²) < 4.78 is 6.10. The largest absolute Gasteiger partial charge is 0.457 e. The van der Waals surface area contributed by atoms with E-state index in [1.54, 1.807) is 0 Å². The fraction of sp³-hybridized carbons (Fsp3) is 0.520. The van der Waals surface area contributed by atoms with Crippen molar-refractivity contribution >= 4 is 24.8 Å². The van der Waals surface area contributed by atoms with Gasteiger partial charge in [0.05, 0.1) is 12.2 Å². The van der Waals surface area contributed by atoms with Crippen LogP contribution in [0.3, 0.4) is 0 Å². The Morgan fingerprint density at radius 2 is 1.16 bits per heavy atom. The van der Waals surface area contributed by atoms with Crippen molar-refractivity contribution in [1.29, 1.82) is 0 Å². The van der Waals surface area contributed by atoms with Crippen molar-refractivity contribution in [2.75, 3.05) is 41.3 Å². The Labute approximate surface area is 205 Å². The summed E-state index contributed by atoms with van der Waals surface area (Å²) in [5.74, 6) is 1.71. The average Bonchev–Trinajstić information content (AvgIpc) is 2.70. The highest BCUT2D eigenvalue weighted by Crippen LogP contribution is 2.39. The summed E-state index contributed by atoms with van der Waals surface area (Å²) >= 11 is 0. The van der Waals surface area contributed by atoms with Crippen LogP contribution in [-0.2, 0) is 6.42 Å². The molecule has 0 fully saturated rings. The van der Waals surface area contributed by atoms with E-state index in [9.17, 15) is 10.2 Å². The Bertz CT molecular complexity index is 778. The molecule has 3 rings (SSSR count). The van der Waals surface area contributed by atoms with Crippen LogP contribution >= 0.6 is 24.8 Å². The van der Waals surface area contributed by atoms with Gasteiger partial charge in [0.25, 0.3) is 0 Å². The molecule has 2 aromatic carbocycles. The monoisotopic (exact) mass is 484 g/mol. The topological polar surface area (TPSA) is 56.2 Å². The molecule has 5 nitrogen and oxygen atoms in total. The maximum atomic E-state index is 10.6. The van der Waals surface area contributed by atoms with Crippen molar-refractivity contribution < 1.29 is 14.9 Å². The predicted molar refractivity (Wildman–Crippen MR) is 136 cm³/mol. The summed E-state index contributed by atoms with van der Waals surface area (Å²) in [6, 6.07) is 12.0. The van der Waals surface area contributed by atoms with Crippen molar-refractivity contribution in [3.63, 3.8) is 0 Å². The fourth-order valence-corrected chi connectivity index (χ4v) is 3.95. The van der Waals surface area contributed by atoms with Crippen LogP contribution in [0.25, 0.3) is 0 Å². The van der Waals surface area contributed by atoms with Gasteiger partial charge in [0.1, 0.15) is 11.5 Å². The minimum Gasteiger partial charge on any atom is -0.457 e. The Kier molecular flexibility index (Phi) is 12.0. The lowest BCUT2D eigenvalue weighted by Gasteiger charge is -2.23. The van der Waals surface area contributed by atoms with E-state index in [1.807, 2.05) is 52.5 Å². The molecule has 1 aliphatic heterocycles. The number of halogens is 2. The number of fused-ring (bicyclic) bond motifs is 2. The van der Waals surface area contributed by atoms with E-state index >= 15 is 0 Å². The zero-order valence-corrected chi connectivity index (χ0v) is 21.2.